The standard InChI is InChI=1S/C21H28N4O.HI/c1-17(19-12-8-5-9-13-19)24-21(22-2)23-15-14-20(26)25(3)16-18-10-6-4-7-11-18;/h4-13,17H,14-16H2,1-3H3,(H2,22,23,24);1H. The normalized spacial score (nSPS) is 11.9. The van der Waals surface area contributed by atoms with Crippen LogP contribution in [0.1, 0.15) is 30.5 Å². The first-order valence-electron chi connectivity index (χ1n) is 8.90. The van der Waals surface area contributed by atoms with Crippen molar-refractivity contribution in [3.8, 4) is 0 Å². The quantitative estimate of drug-likeness (QED) is 0.362. The zero-order chi connectivity index (χ0) is 18.8. The van der Waals surface area contributed by atoms with Crippen molar-refractivity contribution in [2.45, 2.75) is 25.9 Å². The first-order chi connectivity index (χ1) is 12.6. The summed E-state index contributed by atoms with van der Waals surface area (Å²) in [6, 6.07) is 20.3. The first kappa shape index (κ1) is 23.0. The van der Waals surface area contributed by atoms with Crippen LogP contribution in [0.3, 0.4) is 0 Å². The molecule has 0 aliphatic heterocycles. The molecule has 0 radical (unpaired) electrons. The number of carbonyl (C=O) groups excluding carboxylic acids is 1. The number of hydrogen-bond acceptors (Lipinski definition) is 2. The molecular formula is C21H29IN4O. The summed E-state index contributed by atoms with van der Waals surface area (Å²) < 4.78 is 0. The van der Waals surface area contributed by atoms with Crippen LogP contribution in [-0.4, -0.2) is 37.4 Å². The van der Waals surface area contributed by atoms with Gasteiger partial charge in [-0.05, 0) is 18.1 Å². The van der Waals surface area contributed by atoms with Gasteiger partial charge in [-0.1, -0.05) is 60.7 Å². The molecule has 0 heterocycles. The van der Waals surface area contributed by atoms with Crippen molar-refractivity contribution < 1.29 is 4.79 Å². The van der Waals surface area contributed by atoms with Gasteiger partial charge in [0.25, 0.3) is 0 Å². The molecule has 2 rings (SSSR count). The van der Waals surface area contributed by atoms with Gasteiger partial charge in [-0.15, -0.1) is 24.0 Å². The molecule has 146 valence electrons. The second-order valence-electron chi connectivity index (χ2n) is 6.26. The third-order valence-electron chi connectivity index (χ3n) is 4.20. The fourth-order valence-corrected chi connectivity index (χ4v) is 2.65. The molecule has 0 saturated carbocycles. The summed E-state index contributed by atoms with van der Waals surface area (Å²) in [5, 5.41) is 6.55. The summed E-state index contributed by atoms with van der Waals surface area (Å²) in [5.74, 6) is 0.799. The third kappa shape index (κ3) is 7.99. The Kier molecular flexibility index (Phi) is 10.5. The Balaban J connectivity index is 0.00000364. The van der Waals surface area contributed by atoms with E-state index < -0.39 is 0 Å². The van der Waals surface area contributed by atoms with Crippen LogP contribution in [0.2, 0.25) is 0 Å². The SMILES string of the molecule is CN=C(NCCC(=O)N(C)Cc1ccccc1)NC(C)c1ccccc1.I. The predicted molar refractivity (Wildman–Crippen MR) is 122 cm³/mol. The zero-order valence-electron chi connectivity index (χ0n) is 16.2. The van der Waals surface area contributed by atoms with E-state index in [1.54, 1.807) is 11.9 Å². The molecule has 0 spiro atoms. The van der Waals surface area contributed by atoms with E-state index in [9.17, 15) is 4.79 Å². The highest BCUT2D eigenvalue weighted by atomic mass is 127. The van der Waals surface area contributed by atoms with E-state index in [-0.39, 0.29) is 35.9 Å². The van der Waals surface area contributed by atoms with E-state index >= 15 is 0 Å². The summed E-state index contributed by atoms with van der Waals surface area (Å²) in [4.78, 5) is 18.3. The Bertz CT molecular complexity index is 707. The number of rotatable bonds is 7. The maximum atomic E-state index is 12.3. The van der Waals surface area contributed by atoms with Gasteiger partial charge in [0, 0.05) is 33.6 Å². The van der Waals surface area contributed by atoms with E-state index in [0.29, 0.717) is 25.5 Å². The van der Waals surface area contributed by atoms with Crippen molar-refractivity contribution >= 4 is 35.8 Å². The van der Waals surface area contributed by atoms with Crippen LogP contribution in [0.5, 0.6) is 0 Å². The van der Waals surface area contributed by atoms with Crippen molar-refractivity contribution in [3.05, 3.63) is 71.8 Å². The third-order valence-corrected chi connectivity index (χ3v) is 4.20. The highest BCUT2D eigenvalue weighted by Crippen LogP contribution is 2.10. The highest BCUT2D eigenvalue weighted by molar-refractivity contribution is 14.0. The molecule has 1 amide bonds. The van der Waals surface area contributed by atoms with Crippen LogP contribution in [0.25, 0.3) is 0 Å². The molecule has 0 aliphatic rings. The molecule has 6 heteroatoms. The minimum Gasteiger partial charge on any atom is -0.356 e. The number of benzene rings is 2. The van der Waals surface area contributed by atoms with Gasteiger partial charge in [0.1, 0.15) is 0 Å². The average Bonchev–Trinajstić information content (AvgIpc) is 2.68. The van der Waals surface area contributed by atoms with Crippen molar-refractivity contribution in [1.82, 2.24) is 15.5 Å². The number of aliphatic imine (C=N–C) groups is 1. The van der Waals surface area contributed by atoms with Gasteiger partial charge < -0.3 is 15.5 Å². The smallest absolute Gasteiger partial charge is 0.224 e. The Morgan fingerprint density at radius 3 is 2.26 bits per heavy atom. The lowest BCUT2D eigenvalue weighted by Crippen LogP contribution is -2.40. The van der Waals surface area contributed by atoms with Gasteiger partial charge in [-0.2, -0.15) is 0 Å². The average molecular weight is 480 g/mol. The number of hydrogen-bond donors (Lipinski definition) is 2. The molecule has 27 heavy (non-hydrogen) atoms. The lowest BCUT2D eigenvalue weighted by molar-refractivity contribution is -0.130. The van der Waals surface area contributed by atoms with Crippen LogP contribution >= 0.6 is 24.0 Å². The Morgan fingerprint density at radius 2 is 1.67 bits per heavy atom. The predicted octanol–water partition coefficient (Wildman–Crippen LogP) is 3.58. The Morgan fingerprint density at radius 1 is 1.07 bits per heavy atom. The van der Waals surface area contributed by atoms with Gasteiger partial charge in [-0.25, -0.2) is 0 Å². The second kappa shape index (κ2) is 12.3. The van der Waals surface area contributed by atoms with Gasteiger partial charge in [-0.3, -0.25) is 9.79 Å². The first-order valence-corrected chi connectivity index (χ1v) is 8.90. The Labute approximate surface area is 179 Å². The maximum absolute atomic E-state index is 12.3. The number of halogens is 1. The number of nitrogens with zero attached hydrogens (tertiary/aromatic N) is 2. The van der Waals surface area contributed by atoms with Gasteiger partial charge >= 0.3 is 0 Å². The summed E-state index contributed by atoms with van der Waals surface area (Å²) >= 11 is 0. The summed E-state index contributed by atoms with van der Waals surface area (Å²) in [6.07, 6.45) is 0.420. The number of guanidine groups is 1. The molecular weight excluding hydrogens is 451 g/mol. The molecule has 5 nitrogen and oxygen atoms in total. The van der Waals surface area contributed by atoms with Crippen molar-refractivity contribution in [2.75, 3.05) is 20.6 Å². The van der Waals surface area contributed by atoms with Crippen LogP contribution < -0.4 is 10.6 Å². The number of amides is 1. The molecule has 1 atom stereocenters. The lowest BCUT2D eigenvalue weighted by Gasteiger charge is -2.20. The minimum absolute atomic E-state index is 0. The molecule has 2 N–H and O–H groups in total. The van der Waals surface area contributed by atoms with Gasteiger partial charge in [0.15, 0.2) is 5.96 Å². The monoisotopic (exact) mass is 480 g/mol. The summed E-state index contributed by atoms with van der Waals surface area (Å²) in [5.41, 5.74) is 2.32. The van der Waals surface area contributed by atoms with Crippen molar-refractivity contribution in [2.24, 2.45) is 4.99 Å². The molecule has 0 aromatic heterocycles. The van der Waals surface area contributed by atoms with Crippen LogP contribution in [-0.2, 0) is 11.3 Å². The van der Waals surface area contributed by atoms with Crippen molar-refractivity contribution in [1.29, 1.82) is 0 Å². The van der Waals surface area contributed by atoms with Crippen molar-refractivity contribution in [3.63, 3.8) is 0 Å². The fourth-order valence-electron chi connectivity index (χ4n) is 2.65. The maximum Gasteiger partial charge on any atom is 0.224 e. The molecule has 2 aromatic rings. The molecule has 0 bridgehead atoms. The van der Waals surface area contributed by atoms with E-state index in [1.165, 1.54) is 5.56 Å². The van der Waals surface area contributed by atoms with Gasteiger partial charge in [0.2, 0.25) is 5.91 Å². The van der Waals surface area contributed by atoms with E-state index in [1.807, 2.05) is 55.6 Å². The topological polar surface area (TPSA) is 56.7 Å². The molecule has 1 unspecified atom stereocenters. The van der Waals surface area contributed by atoms with E-state index in [2.05, 4.69) is 34.7 Å². The molecule has 0 aliphatic carbocycles. The zero-order valence-corrected chi connectivity index (χ0v) is 18.5. The summed E-state index contributed by atoms with van der Waals surface area (Å²) in [6.45, 7) is 3.25. The van der Waals surface area contributed by atoms with Gasteiger partial charge in [0.05, 0.1) is 6.04 Å². The highest BCUT2D eigenvalue weighted by Gasteiger charge is 2.11. The molecule has 0 fully saturated rings. The molecule has 2 aromatic carbocycles. The lowest BCUT2D eigenvalue weighted by atomic mass is 10.1. The minimum atomic E-state index is 0. The fraction of sp³-hybridized carbons (Fsp3) is 0.333. The Hall–Kier alpha value is -2.09. The van der Waals surface area contributed by atoms with E-state index in [4.69, 9.17) is 0 Å². The molecule has 0 saturated heterocycles. The van der Waals surface area contributed by atoms with Crippen LogP contribution in [0.4, 0.5) is 0 Å². The van der Waals surface area contributed by atoms with Crippen LogP contribution in [0.15, 0.2) is 65.7 Å². The van der Waals surface area contributed by atoms with Crippen LogP contribution in [0, 0.1) is 0 Å². The second-order valence-corrected chi connectivity index (χ2v) is 6.26. The number of nitrogens with one attached hydrogen (secondary N) is 2. The summed E-state index contributed by atoms with van der Waals surface area (Å²) in [7, 11) is 3.57. The van der Waals surface area contributed by atoms with E-state index in [0.717, 1.165) is 5.56 Å². The number of carbonyl (C=O) groups is 1. The largest absolute Gasteiger partial charge is 0.356 e.